The zero-order valence-corrected chi connectivity index (χ0v) is 17.6. The molecule has 4 N–H and O–H groups in total. The van der Waals surface area contributed by atoms with Gasteiger partial charge in [0.05, 0.1) is 0 Å². The monoisotopic (exact) mass is 485 g/mol. The summed E-state index contributed by atoms with van der Waals surface area (Å²) < 4.78 is 43.5. The van der Waals surface area contributed by atoms with E-state index >= 15 is 0 Å². The van der Waals surface area contributed by atoms with Crippen LogP contribution in [0.2, 0.25) is 5.15 Å². The molecule has 32 heavy (non-hydrogen) atoms. The van der Waals surface area contributed by atoms with Crippen molar-refractivity contribution < 1.29 is 27.5 Å². The molecule has 8 nitrogen and oxygen atoms in total. The second-order valence-electron chi connectivity index (χ2n) is 6.22. The molecule has 0 bridgehead atoms. The number of nitrogen functional groups attached to an aromatic ring is 1. The summed E-state index contributed by atoms with van der Waals surface area (Å²) >= 11 is 6.66. The number of carbonyl (C=O) groups excluding carboxylic acids is 2. The van der Waals surface area contributed by atoms with Crippen molar-refractivity contribution in [3.63, 3.8) is 0 Å². The van der Waals surface area contributed by atoms with E-state index in [0.717, 1.165) is 11.3 Å². The topological polar surface area (TPSA) is 119 Å². The number of ether oxygens (including phenoxy) is 1. The fourth-order valence-corrected chi connectivity index (χ4v) is 3.51. The number of aromatic nitrogens is 2. The number of amides is 2. The lowest BCUT2D eigenvalue weighted by Crippen LogP contribution is -2.25. The van der Waals surface area contributed by atoms with Crippen LogP contribution in [0.5, 0.6) is 5.75 Å². The molecular weight excluding hydrogens is 471 g/mol. The highest BCUT2D eigenvalue weighted by molar-refractivity contribution is 7.12. The van der Waals surface area contributed by atoms with Gasteiger partial charge in [0.2, 0.25) is 5.95 Å². The van der Waals surface area contributed by atoms with E-state index in [9.17, 15) is 22.8 Å². The van der Waals surface area contributed by atoms with Gasteiger partial charge in [0, 0.05) is 24.7 Å². The van der Waals surface area contributed by atoms with E-state index in [4.69, 9.17) is 17.3 Å². The molecule has 0 unspecified atom stereocenters. The normalized spacial score (nSPS) is 10.8. The molecule has 2 aromatic heterocycles. The van der Waals surface area contributed by atoms with Crippen LogP contribution in [0.4, 0.5) is 19.1 Å². The van der Waals surface area contributed by atoms with Crippen molar-refractivity contribution in [2.24, 2.45) is 0 Å². The number of carbonyl (C=O) groups is 2. The molecule has 0 aliphatic heterocycles. The summed E-state index contributed by atoms with van der Waals surface area (Å²) in [4.78, 5) is 31.7. The fourth-order valence-electron chi connectivity index (χ4n) is 2.58. The zero-order chi connectivity index (χ0) is 23.3. The van der Waals surface area contributed by atoms with E-state index in [0.29, 0.717) is 5.56 Å². The van der Waals surface area contributed by atoms with Crippen molar-refractivity contribution in [3.8, 4) is 5.75 Å². The second kappa shape index (κ2) is 10.3. The maximum absolute atomic E-state index is 14.4. The smallest absolute Gasteiger partial charge is 0.387 e. The number of rotatable bonds is 8. The minimum atomic E-state index is -3.06. The Morgan fingerprint density at radius 2 is 1.88 bits per heavy atom. The number of hydrogen-bond acceptors (Lipinski definition) is 7. The average Bonchev–Trinajstić information content (AvgIpc) is 3.17. The number of nitrogens with two attached hydrogens (primary N) is 1. The van der Waals surface area contributed by atoms with Gasteiger partial charge < -0.3 is 21.1 Å². The number of thiophene rings is 1. The number of hydrogen-bond donors (Lipinski definition) is 3. The zero-order valence-electron chi connectivity index (χ0n) is 16.1. The summed E-state index contributed by atoms with van der Waals surface area (Å²) in [6.07, 6.45) is 0. The van der Waals surface area contributed by atoms with Gasteiger partial charge in [-0.15, -0.1) is 11.3 Å². The molecule has 0 aliphatic carbocycles. The molecule has 0 fully saturated rings. The van der Waals surface area contributed by atoms with Crippen LogP contribution in [-0.2, 0) is 13.1 Å². The summed E-state index contributed by atoms with van der Waals surface area (Å²) in [5.41, 5.74) is 6.02. The van der Waals surface area contributed by atoms with Gasteiger partial charge in [-0.2, -0.15) is 8.78 Å². The minimum Gasteiger partial charge on any atom is -0.433 e. The maximum atomic E-state index is 14.4. The highest BCUT2D eigenvalue weighted by Gasteiger charge is 2.18. The van der Waals surface area contributed by atoms with Crippen LogP contribution in [0.1, 0.15) is 31.3 Å². The first-order valence-electron chi connectivity index (χ1n) is 8.89. The molecule has 3 aromatic rings. The van der Waals surface area contributed by atoms with E-state index in [1.165, 1.54) is 29.6 Å². The quantitative estimate of drug-likeness (QED) is 0.421. The summed E-state index contributed by atoms with van der Waals surface area (Å²) in [6.45, 7) is -3.25. The standard InChI is InChI=1S/C19H15ClF3N5O3S/c20-14-6-12(27-19(24)28-14)16(29)25-7-9-1-2-10(11(21)5-9)8-26-17(30)15-13(3-4-32-15)31-18(22)23/h1-6,18H,7-8H2,(H,25,29)(H,26,30)(H2,24,27,28). The first kappa shape index (κ1) is 23.3. The van der Waals surface area contributed by atoms with Crippen LogP contribution >= 0.6 is 22.9 Å². The molecule has 0 saturated carbocycles. The Labute approximate surface area is 188 Å². The lowest BCUT2D eigenvalue weighted by atomic mass is 10.1. The Morgan fingerprint density at radius 1 is 1.12 bits per heavy atom. The molecule has 1 aromatic carbocycles. The Morgan fingerprint density at radius 3 is 2.56 bits per heavy atom. The average molecular weight is 486 g/mol. The molecule has 0 saturated heterocycles. The number of nitrogens with one attached hydrogen (secondary N) is 2. The SMILES string of the molecule is Nc1nc(Cl)cc(C(=O)NCc2ccc(CNC(=O)c3sccc3OC(F)F)c(F)c2)n1. The van der Waals surface area contributed by atoms with Gasteiger partial charge in [-0.05, 0) is 23.1 Å². The molecule has 2 amide bonds. The van der Waals surface area contributed by atoms with Gasteiger partial charge >= 0.3 is 6.61 Å². The number of benzene rings is 1. The first-order chi connectivity index (χ1) is 15.2. The first-order valence-corrected chi connectivity index (χ1v) is 10.1. The Balaban J connectivity index is 1.57. The van der Waals surface area contributed by atoms with Crippen LogP contribution in [0.25, 0.3) is 0 Å². The summed E-state index contributed by atoms with van der Waals surface area (Å²) in [5, 5.41) is 6.45. The van der Waals surface area contributed by atoms with Gasteiger partial charge in [0.25, 0.3) is 11.8 Å². The third kappa shape index (κ3) is 6.08. The number of nitrogens with zero attached hydrogens (tertiary/aromatic N) is 2. The maximum Gasteiger partial charge on any atom is 0.387 e. The number of alkyl halides is 2. The van der Waals surface area contributed by atoms with Crippen molar-refractivity contribution in [2.45, 2.75) is 19.7 Å². The van der Waals surface area contributed by atoms with E-state index in [1.807, 2.05) is 0 Å². The molecule has 13 heteroatoms. The summed E-state index contributed by atoms with van der Waals surface area (Å²) in [5.74, 6) is -2.28. The Bertz CT molecular complexity index is 1120. The molecule has 0 spiro atoms. The minimum absolute atomic E-state index is 0.00651. The molecule has 2 heterocycles. The van der Waals surface area contributed by atoms with Crippen molar-refractivity contribution in [1.82, 2.24) is 20.6 Å². The molecule has 0 atom stereocenters. The van der Waals surface area contributed by atoms with E-state index < -0.39 is 24.2 Å². The van der Waals surface area contributed by atoms with E-state index in [2.05, 4.69) is 25.3 Å². The molecule has 168 valence electrons. The predicted octanol–water partition coefficient (Wildman–Crippen LogP) is 3.37. The second-order valence-corrected chi connectivity index (χ2v) is 7.52. The van der Waals surface area contributed by atoms with Crippen molar-refractivity contribution in [1.29, 1.82) is 0 Å². The van der Waals surface area contributed by atoms with Crippen LogP contribution in [-0.4, -0.2) is 28.4 Å². The lowest BCUT2D eigenvalue weighted by Gasteiger charge is -2.10. The predicted molar refractivity (Wildman–Crippen MR) is 111 cm³/mol. The number of anilines is 1. The molecule has 0 aliphatic rings. The molecule has 3 rings (SSSR count). The number of halogens is 4. The van der Waals surface area contributed by atoms with Crippen molar-refractivity contribution in [2.75, 3.05) is 5.73 Å². The largest absolute Gasteiger partial charge is 0.433 e. The van der Waals surface area contributed by atoms with Crippen LogP contribution in [0.15, 0.2) is 35.7 Å². The third-order valence-corrected chi connectivity index (χ3v) is 5.09. The Kier molecular flexibility index (Phi) is 7.49. The Hall–Kier alpha value is -3.38. The van der Waals surface area contributed by atoms with Crippen molar-refractivity contribution >= 4 is 40.7 Å². The van der Waals surface area contributed by atoms with Crippen LogP contribution < -0.4 is 21.1 Å². The van der Waals surface area contributed by atoms with Gasteiger partial charge in [0.15, 0.2) is 0 Å². The third-order valence-electron chi connectivity index (χ3n) is 4.01. The van der Waals surface area contributed by atoms with Crippen LogP contribution in [0, 0.1) is 5.82 Å². The highest BCUT2D eigenvalue weighted by atomic mass is 35.5. The molecular formula is C19H15ClF3N5O3S. The highest BCUT2D eigenvalue weighted by Crippen LogP contribution is 2.26. The van der Waals surface area contributed by atoms with Gasteiger partial charge in [-0.1, -0.05) is 23.7 Å². The van der Waals surface area contributed by atoms with Gasteiger partial charge in [-0.3, -0.25) is 9.59 Å². The van der Waals surface area contributed by atoms with Crippen LogP contribution in [0.3, 0.4) is 0 Å². The van der Waals surface area contributed by atoms with E-state index in [-0.39, 0.29) is 46.1 Å². The summed E-state index contributed by atoms with van der Waals surface area (Å²) in [6, 6.07) is 6.67. The van der Waals surface area contributed by atoms with Gasteiger partial charge in [-0.25, -0.2) is 14.4 Å². The molecule has 0 radical (unpaired) electrons. The van der Waals surface area contributed by atoms with Crippen molar-refractivity contribution in [3.05, 3.63) is 68.4 Å². The van der Waals surface area contributed by atoms with Gasteiger partial charge in [0.1, 0.15) is 27.3 Å². The summed E-state index contributed by atoms with van der Waals surface area (Å²) in [7, 11) is 0. The lowest BCUT2D eigenvalue weighted by molar-refractivity contribution is -0.0498. The fraction of sp³-hybridized carbons (Fsp3) is 0.158. The van der Waals surface area contributed by atoms with E-state index in [1.54, 1.807) is 6.07 Å².